The molecule has 0 bridgehead atoms. The first-order valence-electron chi connectivity index (χ1n) is 7.97. The highest BCUT2D eigenvalue weighted by Crippen LogP contribution is 2.27. The highest BCUT2D eigenvalue weighted by Gasteiger charge is 2.35. The first-order valence-corrected chi connectivity index (χ1v) is 7.97. The second-order valence-electron chi connectivity index (χ2n) is 6.29. The molecule has 0 radical (unpaired) electrons. The Morgan fingerprint density at radius 1 is 1.24 bits per heavy atom. The third-order valence-electron chi connectivity index (χ3n) is 4.37. The Morgan fingerprint density at radius 2 is 2.00 bits per heavy atom. The molecule has 25 heavy (non-hydrogen) atoms. The van der Waals surface area contributed by atoms with E-state index in [4.69, 9.17) is 4.42 Å². The van der Waals surface area contributed by atoms with Gasteiger partial charge in [0.1, 0.15) is 11.1 Å². The second-order valence-corrected chi connectivity index (χ2v) is 6.29. The molecule has 3 N–H and O–H groups in total. The number of hydrogen-bond acceptors (Lipinski definition) is 4. The minimum atomic E-state index is -1.26. The Bertz CT molecular complexity index is 1030. The van der Waals surface area contributed by atoms with Crippen molar-refractivity contribution in [3.8, 4) is 0 Å². The molecule has 0 aliphatic rings. The summed E-state index contributed by atoms with van der Waals surface area (Å²) in [6, 6.07) is 15.3. The maximum atomic E-state index is 12.0. The van der Waals surface area contributed by atoms with Crippen LogP contribution in [-0.4, -0.2) is 26.6 Å². The van der Waals surface area contributed by atoms with E-state index in [-0.39, 0.29) is 12.4 Å². The lowest BCUT2D eigenvalue weighted by Gasteiger charge is -2.25. The number of oxazole rings is 1. The van der Waals surface area contributed by atoms with E-state index >= 15 is 0 Å². The first kappa shape index (κ1) is 15.3. The van der Waals surface area contributed by atoms with Gasteiger partial charge in [-0.1, -0.05) is 30.3 Å². The summed E-state index contributed by atoms with van der Waals surface area (Å²) in [5.41, 5.74) is 1.94. The highest BCUT2D eigenvalue weighted by atomic mass is 16.4. The van der Waals surface area contributed by atoms with Gasteiger partial charge in [-0.2, -0.15) is 4.98 Å². The summed E-state index contributed by atoms with van der Waals surface area (Å²) in [5.74, 6) is -0.972. The van der Waals surface area contributed by atoms with Gasteiger partial charge in [-0.15, -0.1) is 0 Å². The number of carboxylic acid groups (broad SMARTS) is 1. The number of aromatic amines is 1. The molecule has 126 valence electrons. The molecule has 0 aliphatic heterocycles. The fourth-order valence-corrected chi connectivity index (χ4v) is 2.99. The molecule has 2 aromatic heterocycles. The lowest BCUT2D eigenvalue weighted by atomic mass is 9.93. The van der Waals surface area contributed by atoms with Gasteiger partial charge < -0.3 is 19.8 Å². The van der Waals surface area contributed by atoms with E-state index in [0.717, 1.165) is 16.5 Å². The predicted octanol–water partition coefficient (Wildman–Crippen LogP) is 3.81. The minimum absolute atomic E-state index is 0.200. The molecule has 4 rings (SSSR count). The van der Waals surface area contributed by atoms with E-state index in [2.05, 4.69) is 15.3 Å². The van der Waals surface area contributed by atoms with Crippen molar-refractivity contribution in [3.05, 3.63) is 60.3 Å². The van der Waals surface area contributed by atoms with E-state index < -0.39 is 11.5 Å². The summed E-state index contributed by atoms with van der Waals surface area (Å²) in [6.45, 7) is 1.63. The number of aromatic nitrogens is 2. The average molecular weight is 335 g/mol. The molecule has 1 unspecified atom stereocenters. The fraction of sp³-hybridized carbons (Fsp3) is 0.158. The summed E-state index contributed by atoms with van der Waals surface area (Å²) >= 11 is 0. The zero-order chi connectivity index (χ0) is 17.4. The van der Waals surface area contributed by atoms with Crippen LogP contribution < -0.4 is 5.32 Å². The molecule has 0 saturated heterocycles. The Kier molecular flexibility index (Phi) is 3.46. The van der Waals surface area contributed by atoms with Crippen molar-refractivity contribution in [2.45, 2.75) is 18.9 Å². The van der Waals surface area contributed by atoms with Gasteiger partial charge in [-0.3, -0.25) is 0 Å². The van der Waals surface area contributed by atoms with Crippen LogP contribution >= 0.6 is 0 Å². The normalized spacial score (nSPS) is 13.8. The van der Waals surface area contributed by atoms with Gasteiger partial charge in [0.15, 0.2) is 5.58 Å². The summed E-state index contributed by atoms with van der Waals surface area (Å²) in [7, 11) is 0. The van der Waals surface area contributed by atoms with Crippen molar-refractivity contribution < 1.29 is 14.3 Å². The summed E-state index contributed by atoms with van der Waals surface area (Å²) in [4.78, 5) is 19.5. The van der Waals surface area contributed by atoms with Crippen LogP contribution in [0.15, 0.2) is 59.1 Å². The number of nitrogens with zero attached hydrogens (tertiary/aromatic N) is 1. The lowest BCUT2D eigenvalue weighted by Crippen LogP contribution is -2.45. The van der Waals surface area contributed by atoms with Gasteiger partial charge in [-0.05, 0) is 30.7 Å². The molecule has 2 heterocycles. The van der Waals surface area contributed by atoms with Crippen molar-refractivity contribution in [2.75, 3.05) is 5.32 Å². The van der Waals surface area contributed by atoms with Gasteiger partial charge in [0.05, 0.1) is 0 Å². The number of anilines is 1. The standard InChI is InChI=1S/C19H17N3O3/c1-19(17(23)24,10-12-11-20-14-7-3-2-6-13(12)14)22-18-21-15-8-4-5-9-16(15)25-18/h2-9,11,20H,10H2,1H3,(H,21,22)(H,23,24). The summed E-state index contributed by atoms with van der Waals surface area (Å²) in [6.07, 6.45) is 2.13. The number of benzene rings is 2. The third kappa shape index (κ3) is 2.71. The topological polar surface area (TPSA) is 91.2 Å². The number of fused-ring (bicyclic) bond motifs is 2. The summed E-state index contributed by atoms with van der Waals surface area (Å²) in [5, 5.41) is 13.8. The van der Waals surface area contributed by atoms with Gasteiger partial charge in [0.25, 0.3) is 6.01 Å². The largest absolute Gasteiger partial charge is 0.480 e. The molecule has 0 spiro atoms. The number of H-pyrrole nitrogens is 1. The van der Waals surface area contributed by atoms with Gasteiger partial charge >= 0.3 is 5.97 Å². The molecule has 6 heteroatoms. The number of nitrogens with one attached hydrogen (secondary N) is 2. The van der Waals surface area contributed by atoms with E-state index in [1.807, 2.05) is 48.7 Å². The van der Waals surface area contributed by atoms with Crippen LogP contribution in [0.5, 0.6) is 0 Å². The van der Waals surface area contributed by atoms with Crippen molar-refractivity contribution in [2.24, 2.45) is 0 Å². The molecule has 0 saturated carbocycles. The van der Waals surface area contributed by atoms with Crippen molar-refractivity contribution in [1.82, 2.24) is 9.97 Å². The zero-order valence-corrected chi connectivity index (χ0v) is 13.6. The van der Waals surface area contributed by atoms with Crippen LogP contribution in [0.4, 0.5) is 6.01 Å². The molecule has 0 fully saturated rings. The van der Waals surface area contributed by atoms with Gasteiger partial charge in [-0.25, -0.2) is 4.79 Å². The Labute approximate surface area is 143 Å². The van der Waals surface area contributed by atoms with E-state index in [1.54, 1.807) is 13.0 Å². The molecular formula is C19H17N3O3. The van der Waals surface area contributed by atoms with Gasteiger partial charge in [0, 0.05) is 23.5 Å². The maximum absolute atomic E-state index is 12.0. The van der Waals surface area contributed by atoms with Gasteiger partial charge in [0.2, 0.25) is 0 Å². The molecule has 4 aromatic rings. The van der Waals surface area contributed by atoms with Crippen LogP contribution in [-0.2, 0) is 11.2 Å². The smallest absolute Gasteiger partial charge is 0.329 e. The number of carboxylic acids is 1. The van der Waals surface area contributed by atoms with Crippen LogP contribution in [0.25, 0.3) is 22.0 Å². The Balaban J connectivity index is 1.68. The number of para-hydroxylation sites is 3. The molecule has 1 atom stereocenters. The van der Waals surface area contributed by atoms with Crippen molar-refractivity contribution in [3.63, 3.8) is 0 Å². The minimum Gasteiger partial charge on any atom is -0.480 e. The summed E-state index contributed by atoms with van der Waals surface area (Å²) < 4.78 is 5.63. The Hall–Kier alpha value is -3.28. The van der Waals surface area contributed by atoms with Crippen molar-refractivity contribution >= 4 is 34.0 Å². The SMILES string of the molecule is CC(Cc1c[nH]c2ccccc12)(Nc1nc2ccccc2o1)C(=O)O. The predicted molar refractivity (Wildman–Crippen MR) is 95.7 cm³/mol. The molecule has 2 aromatic carbocycles. The molecule has 0 aliphatic carbocycles. The van der Waals surface area contributed by atoms with Crippen LogP contribution in [0.3, 0.4) is 0 Å². The monoisotopic (exact) mass is 335 g/mol. The zero-order valence-electron chi connectivity index (χ0n) is 13.6. The van der Waals surface area contributed by atoms with Crippen molar-refractivity contribution in [1.29, 1.82) is 0 Å². The number of aliphatic carboxylic acids is 1. The molecule has 6 nitrogen and oxygen atoms in total. The second kappa shape index (κ2) is 5.66. The Morgan fingerprint density at radius 3 is 2.80 bits per heavy atom. The number of carbonyl (C=O) groups is 1. The average Bonchev–Trinajstić information content (AvgIpc) is 3.18. The quantitative estimate of drug-likeness (QED) is 0.516. The van der Waals surface area contributed by atoms with Crippen LogP contribution in [0.1, 0.15) is 12.5 Å². The van der Waals surface area contributed by atoms with E-state index in [0.29, 0.717) is 11.1 Å². The fourth-order valence-electron chi connectivity index (χ4n) is 2.99. The lowest BCUT2D eigenvalue weighted by molar-refractivity contribution is -0.141. The molecular weight excluding hydrogens is 318 g/mol. The number of hydrogen-bond donors (Lipinski definition) is 3. The number of rotatable bonds is 5. The third-order valence-corrected chi connectivity index (χ3v) is 4.37. The van der Waals surface area contributed by atoms with Crippen LogP contribution in [0, 0.1) is 0 Å². The first-order chi connectivity index (χ1) is 12.0. The van der Waals surface area contributed by atoms with E-state index in [9.17, 15) is 9.90 Å². The molecule has 0 amide bonds. The highest BCUT2D eigenvalue weighted by molar-refractivity contribution is 5.87. The van der Waals surface area contributed by atoms with Crippen LogP contribution in [0.2, 0.25) is 0 Å². The maximum Gasteiger partial charge on any atom is 0.329 e. The van der Waals surface area contributed by atoms with E-state index in [1.165, 1.54) is 0 Å².